The summed E-state index contributed by atoms with van der Waals surface area (Å²) >= 11 is 9.45. The fraction of sp³-hybridized carbons (Fsp3) is 0.300. The number of ether oxygens (including phenoxy) is 2. The summed E-state index contributed by atoms with van der Waals surface area (Å²) < 4.78 is 11.6. The molecule has 0 bridgehead atoms. The summed E-state index contributed by atoms with van der Waals surface area (Å²) in [6, 6.07) is 11.8. The molecule has 2 aromatic rings. The molecule has 0 heterocycles. The van der Waals surface area contributed by atoms with Crippen LogP contribution in [0.4, 0.5) is 0 Å². The summed E-state index contributed by atoms with van der Waals surface area (Å²) in [5, 5.41) is 2.96. The van der Waals surface area contributed by atoms with E-state index < -0.39 is 6.04 Å². The number of hydrogen-bond donors (Lipinski definition) is 1. The Morgan fingerprint density at radius 1 is 1.25 bits per heavy atom. The van der Waals surface area contributed by atoms with Gasteiger partial charge in [-0.05, 0) is 42.8 Å². The molecule has 0 saturated heterocycles. The van der Waals surface area contributed by atoms with Crippen molar-refractivity contribution in [1.82, 2.24) is 10.2 Å². The molecule has 0 radical (unpaired) electrons. The van der Waals surface area contributed by atoms with E-state index in [2.05, 4.69) is 21.2 Å². The highest BCUT2D eigenvalue weighted by Gasteiger charge is 2.26. The van der Waals surface area contributed by atoms with Gasteiger partial charge in [-0.2, -0.15) is 0 Å². The van der Waals surface area contributed by atoms with Crippen molar-refractivity contribution in [3.05, 3.63) is 57.5 Å². The molecule has 0 unspecified atom stereocenters. The standard InChI is InChI=1S/C20H22BrClN2O4/c1-13(20(26)23-2)24(11-14-5-4-6-16(9-14)27-3)19(25)12-28-18-8-7-15(21)10-17(18)22/h4-10,13H,11-12H2,1-3H3,(H,23,26)/t13-/m1/s1. The minimum Gasteiger partial charge on any atom is -0.497 e. The van der Waals surface area contributed by atoms with E-state index in [1.54, 1.807) is 32.2 Å². The number of likely N-dealkylation sites (N-methyl/N-ethyl adjacent to an activating group) is 1. The molecule has 150 valence electrons. The summed E-state index contributed by atoms with van der Waals surface area (Å²) in [4.78, 5) is 26.5. The third-order valence-electron chi connectivity index (χ3n) is 4.15. The molecule has 0 fully saturated rings. The van der Waals surface area contributed by atoms with Crippen LogP contribution < -0.4 is 14.8 Å². The number of halogens is 2. The molecule has 6 nitrogen and oxygen atoms in total. The lowest BCUT2D eigenvalue weighted by atomic mass is 10.1. The number of amides is 2. The Morgan fingerprint density at radius 3 is 2.64 bits per heavy atom. The van der Waals surface area contributed by atoms with E-state index in [1.807, 2.05) is 24.3 Å². The van der Waals surface area contributed by atoms with Crippen molar-refractivity contribution < 1.29 is 19.1 Å². The van der Waals surface area contributed by atoms with Crippen LogP contribution >= 0.6 is 27.5 Å². The Balaban J connectivity index is 2.17. The van der Waals surface area contributed by atoms with Gasteiger partial charge in [0.05, 0.1) is 12.1 Å². The number of benzene rings is 2. The smallest absolute Gasteiger partial charge is 0.261 e. The molecule has 0 aliphatic rings. The number of nitrogens with one attached hydrogen (secondary N) is 1. The van der Waals surface area contributed by atoms with Gasteiger partial charge >= 0.3 is 0 Å². The van der Waals surface area contributed by atoms with Gasteiger partial charge in [0.2, 0.25) is 5.91 Å². The molecule has 2 amide bonds. The molecule has 2 rings (SSSR count). The summed E-state index contributed by atoms with van der Waals surface area (Å²) in [5.74, 6) is 0.471. The average molecular weight is 470 g/mol. The van der Waals surface area contributed by atoms with Crippen molar-refractivity contribution in [3.8, 4) is 11.5 Å². The van der Waals surface area contributed by atoms with Gasteiger partial charge in [-0.15, -0.1) is 0 Å². The van der Waals surface area contributed by atoms with Gasteiger partial charge < -0.3 is 19.7 Å². The first-order valence-corrected chi connectivity index (χ1v) is 9.74. The molecule has 2 aromatic carbocycles. The zero-order valence-electron chi connectivity index (χ0n) is 15.9. The van der Waals surface area contributed by atoms with Crippen molar-refractivity contribution in [1.29, 1.82) is 0 Å². The van der Waals surface area contributed by atoms with E-state index in [0.717, 1.165) is 10.0 Å². The zero-order valence-corrected chi connectivity index (χ0v) is 18.2. The highest BCUT2D eigenvalue weighted by molar-refractivity contribution is 9.10. The minimum atomic E-state index is -0.673. The number of hydrogen-bond acceptors (Lipinski definition) is 4. The van der Waals surface area contributed by atoms with Gasteiger partial charge in [0.25, 0.3) is 5.91 Å². The molecular weight excluding hydrogens is 448 g/mol. The van der Waals surface area contributed by atoms with E-state index in [4.69, 9.17) is 21.1 Å². The third-order valence-corrected chi connectivity index (χ3v) is 4.93. The number of methoxy groups -OCH3 is 1. The molecular formula is C20H22BrClN2O4. The Labute approximate surface area is 177 Å². The van der Waals surface area contributed by atoms with Crippen molar-refractivity contribution in [2.45, 2.75) is 19.5 Å². The summed E-state index contributed by atoms with van der Waals surface area (Å²) in [7, 11) is 3.11. The highest BCUT2D eigenvalue weighted by atomic mass is 79.9. The van der Waals surface area contributed by atoms with Crippen LogP contribution in [0.5, 0.6) is 11.5 Å². The fourth-order valence-electron chi connectivity index (χ4n) is 2.57. The Bertz CT molecular complexity index is 847. The topological polar surface area (TPSA) is 67.9 Å². The molecule has 0 aliphatic heterocycles. The second-order valence-electron chi connectivity index (χ2n) is 6.03. The van der Waals surface area contributed by atoms with Gasteiger partial charge in [-0.1, -0.05) is 39.7 Å². The first-order chi connectivity index (χ1) is 13.3. The number of carbonyl (C=O) groups is 2. The molecule has 1 atom stereocenters. The molecule has 0 aromatic heterocycles. The van der Waals surface area contributed by atoms with Crippen LogP contribution in [0.15, 0.2) is 46.9 Å². The molecule has 0 spiro atoms. The van der Waals surface area contributed by atoms with Crippen LogP contribution in [-0.2, 0) is 16.1 Å². The lowest BCUT2D eigenvalue weighted by Gasteiger charge is -2.28. The maximum atomic E-state index is 12.9. The number of carbonyl (C=O) groups excluding carboxylic acids is 2. The zero-order chi connectivity index (χ0) is 20.7. The SMILES string of the molecule is CNC(=O)[C@@H](C)N(Cc1cccc(OC)c1)C(=O)COc1ccc(Br)cc1Cl. The van der Waals surface area contributed by atoms with E-state index in [9.17, 15) is 9.59 Å². The van der Waals surface area contributed by atoms with Crippen molar-refractivity contribution in [3.63, 3.8) is 0 Å². The van der Waals surface area contributed by atoms with Gasteiger partial charge in [0, 0.05) is 18.1 Å². The summed E-state index contributed by atoms with van der Waals surface area (Å²) in [6.45, 7) is 1.66. The summed E-state index contributed by atoms with van der Waals surface area (Å²) in [5.41, 5.74) is 0.838. The van der Waals surface area contributed by atoms with Crippen LogP contribution in [0, 0.1) is 0 Å². The van der Waals surface area contributed by atoms with E-state index in [0.29, 0.717) is 16.5 Å². The van der Waals surface area contributed by atoms with Gasteiger partial charge in [-0.3, -0.25) is 9.59 Å². The predicted octanol–water partition coefficient (Wildman–Crippen LogP) is 3.65. The maximum absolute atomic E-state index is 12.9. The lowest BCUT2D eigenvalue weighted by Crippen LogP contribution is -2.48. The quantitative estimate of drug-likeness (QED) is 0.641. The lowest BCUT2D eigenvalue weighted by molar-refractivity contribution is -0.142. The van der Waals surface area contributed by atoms with E-state index in [1.165, 1.54) is 11.9 Å². The third kappa shape index (κ3) is 5.87. The number of nitrogens with zero attached hydrogens (tertiary/aromatic N) is 1. The second-order valence-corrected chi connectivity index (χ2v) is 7.35. The highest BCUT2D eigenvalue weighted by Crippen LogP contribution is 2.27. The van der Waals surface area contributed by atoms with Crippen molar-refractivity contribution >= 4 is 39.3 Å². The molecule has 8 heteroatoms. The normalized spacial score (nSPS) is 11.5. The van der Waals surface area contributed by atoms with Gasteiger partial charge in [-0.25, -0.2) is 0 Å². The number of rotatable bonds is 8. The van der Waals surface area contributed by atoms with Gasteiger partial charge in [0.1, 0.15) is 17.5 Å². The first kappa shape index (κ1) is 22.0. The molecule has 0 saturated carbocycles. The Morgan fingerprint density at radius 2 is 2.00 bits per heavy atom. The maximum Gasteiger partial charge on any atom is 0.261 e. The van der Waals surface area contributed by atoms with Crippen LogP contribution in [-0.4, -0.2) is 43.5 Å². The second kappa shape index (κ2) is 10.3. The molecule has 0 aliphatic carbocycles. The molecule has 28 heavy (non-hydrogen) atoms. The monoisotopic (exact) mass is 468 g/mol. The van der Waals surface area contributed by atoms with E-state index >= 15 is 0 Å². The molecule has 1 N–H and O–H groups in total. The predicted molar refractivity (Wildman–Crippen MR) is 112 cm³/mol. The Hall–Kier alpha value is -2.25. The van der Waals surface area contributed by atoms with E-state index in [-0.39, 0.29) is 25.0 Å². The first-order valence-electron chi connectivity index (χ1n) is 8.57. The summed E-state index contributed by atoms with van der Waals surface area (Å²) in [6.07, 6.45) is 0. The van der Waals surface area contributed by atoms with Gasteiger partial charge in [0.15, 0.2) is 6.61 Å². The van der Waals surface area contributed by atoms with Crippen molar-refractivity contribution in [2.24, 2.45) is 0 Å². The van der Waals surface area contributed by atoms with Crippen LogP contribution in [0.3, 0.4) is 0 Å². The van der Waals surface area contributed by atoms with Crippen LogP contribution in [0.1, 0.15) is 12.5 Å². The Kier molecular flexibility index (Phi) is 8.14. The van der Waals surface area contributed by atoms with Crippen LogP contribution in [0.2, 0.25) is 5.02 Å². The van der Waals surface area contributed by atoms with Crippen molar-refractivity contribution in [2.75, 3.05) is 20.8 Å². The fourth-order valence-corrected chi connectivity index (χ4v) is 3.30. The van der Waals surface area contributed by atoms with Crippen LogP contribution in [0.25, 0.3) is 0 Å². The average Bonchev–Trinajstić information content (AvgIpc) is 2.70. The largest absolute Gasteiger partial charge is 0.497 e. The minimum absolute atomic E-state index is 0.238.